The van der Waals surface area contributed by atoms with Crippen molar-refractivity contribution in [3.05, 3.63) is 53.8 Å². The highest BCUT2D eigenvalue weighted by molar-refractivity contribution is 5.97. The van der Waals surface area contributed by atoms with E-state index in [4.69, 9.17) is 4.74 Å². The van der Waals surface area contributed by atoms with Gasteiger partial charge in [-0.15, -0.1) is 0 Å². The topological polar surface area (TPSA) is 70.7 Å². The normalized spacial score (nSPS) is 13.9. The summed E-state index contributed by atoms with van der Waals surface area (Å²) in [6.07, 6.45) is 2.87. The third-order valence-electron chi connectivity index (χ3n) is 4.64. The molecule has 7 heteroatoms. The minimum absolute atomic E-state index is 0.0567. The number of amides is 3. The summed E-state index contributed by atoms with van der Waals surface area (Å²) in [5, 5.41) is 5.52. The SMILES string of the molecule is COc1ccc(NC(=O)NCCc2cccc(F)c2)cc1N1CCCCC1=O. The zero-order valence-electron chi connectivity index (χ0n) is 15.8. The number of anilines is 2. The van der Waals surface area contributed by atoms with Gasteiger partial charge in [0.25, 0.3) is 0 Å². The fraction of sp³-hybridized carbons (Fsp3) is 0.333. The summed E-state index contributed by atoms with van der Waals surface area (Å²) in [6.45, 7) is 1.02. The smallest absolute Gasteiger partial charge is 0.319 e. The van der Waals surface area contributed by atoms with Gasteiger partial charge in [-0.05, 0) is 55.2 Å². The van der Waals surface area contributed by atoms with Gasteiger partial charge in [-0.2, -0.15) is 0 Å². The number of hydrogen-bond donors (Lipinski definition) is 2. The lowest BCUT2D eigenvalue weighted by Crippen LogP contribution is -2.35. The molecule has 2 aromatic rings. The lowest BCUT2D eigenvalue weighted by molar-refractivity contribution is -0.119. The highest BCUT2D eigenvalue weighted by atomic mass is 19.1. The fourth-order valence-corrected chi connectivity index (χ4v) is 3.23. The van der Waals surface area contributed by atoms with E-state index in [1.54, 1.807) is 36.3 Å². The van der Waals surface area contributed by atoms with Crippen molar-refractivity contribution in [2.24, 2.45) is 0 Å². The zero-order chi connectivity index (χ0) is 19.9. The van der Waals surface area contributed by atoms with Crippen LogP contribution in [0.1, 0.15) is 24.8 Å². The molecule has 0 aliphatic carbocycles. The Labute approximate surface area is 163 Å². The Morgan fingerprint density at radius 1 is 1.21 bits per heavy atom. The molecule has 3 amide bonds. The Morgan fingerprint density at radius 2 is 2.07 bits per heavy atom. The van der Waals surface area contributed by atoms with E-state index in [0.717, 1.165) is 18.4 Å². The second kappa shape index (κ2) is 9.21. The van der Waals surface area contributed by atoms with Gasteiger partial charge in [-0.25, -0.2) is 9.18 Å². The van der Waals surface area contributed by atoms with Gasteiger partial charge in [0.05, 0.1) is 12.8 Å². The number of nitrogens with zero attached hydrogens (tertiary/aromatic N) is 1. The fourth-order valence-electron chi connectivity index (χ4n) is 3.23. The molecule has 2 N–H and O–H groups in total. The molecular formula is C21H24FN3O3. The van der Waals surface area contributed by atoms with Crippen LogP contribution in [0.4, 0.5) is 20.6 Å². The molecule has 0 bridgehead atoms. The van der Waals surface area contributed by atoms with Crippen LogP contribution < -0.4 is 20.3 Å². The minimum atomic E-state index is -0.363. The first kappa shape index (κ1) is 19.7. The van der Waals surface area contributed by atoms with Crippen molar-refractivity contribution < 1.29 is 18.7 Å². The largest absolute Gasteiger partial charge is 0.495 e. The monoisotopic (exact) mass is 385 g/mol. The van der Waals surface area contributed by atoms with Crippen molar-refractivity contribution in [2.75, 3.05) is 30.4 Å². The predicted octanol–water partition coefficient (Wildman–Crippen LogP) is 3.72. The van der Waals surface area contributed by atoms with Gasteiger partial charge in [0.15, 0.2) is 0 Å². The predicted molar refractivity (Wildman–Crippen MR) is 106 cm³/mol. The lowest BCUT2D eigenvalue weighted by atomic mass is 10.1. The van der Waals surface area contributed by atoms with Crippen LogP contribution in [0.2, 0.25) is 0 Å². The minimum Gasteiger partial charge on any atom is -0.495 e. The maximum Gasteiger partial charge on any atom is 0.319 e. The second-order valence-electron chi connectivity index (χ2n) is 6.65. The molecule has 0 unspecified atom stereocenters. The molecule has 28 heavy (non-hydrogen) atoms. The first-order valence-corrected chi connectivity index (χ1v) is 9.34. The van der Waals surface area contributed by atoms with Crippen LogP contribution in [0, 0.1) is 5.82 Å². The van der Waals surface area contributed by atoms with E-state index >= 15 is 0 Å². The number of nitrogens with one attached hydrogen (secondary N) is 2. The quantitative estimate of drug-likeness (QED) is 0.796. The van der Waals surface area contributed by atoms with E-state index in [9.17, 15) is 14.0 Å². The summed E-state index contributed by atoms with van der Waals surface area (Å²) in [7, 11) is 1.56. The molecule has 0 spiro atoms. The third-order valence-corrected chi connectivity index (χ3v) is 4.64. The van der Waals surface area contributed by atoms with Crippen LogP contribution >= 0.6 is 0 Å². The Kier molecular flexibility index (Phi) is 6.47. The van der Waals surface area contributed by atoms with Gasteiger partial charge in [0.2, 0.25) is 5.91 Å². The van der Waals surface area contributed by atoms with Crippen LogP contribution in [0.15, 0.2) is 42.5 Å². The van der Waals surface area contributed by atoms with Crippen molar-refractivity contribution in [3.8, 4) is 5.75 Å². The number of ether oxygens (including phenoxy) is 1. The Hall–Kier alpha value is -3.09. The standard InChI is InChI=1S/C21H24FN3O3/c1-28-19-9-8-17(14-18(19)25-12-3-2-7-20(25)26)24-21(27)23-11-10-15-5-4-6-16(22)13-15/h4-6,8-9,13-14H,2-3,7,10-12H2,1H3,(H2,23,24,27). The molecule has 1 heterocycles. The summed E-state index contributed by atoms with van der Waals surface area (Å²) >= 11 is 0. The molecule has 0 aromatic heterocycles. The number of benzene rings is 2. The number of halogens is 1. The van der Waals surface area contributed by atoms with Crippen LogP contribution in [-0.4, -0.2) is 32.1 Å². The van der Waals surface area contributed by atoms with E-state index in [-0.39, 0.29) is 17.8 Å². The van der Waals surface area contributed by atoms with Crippen molar-refractivity contribution >= 4 is 23.3 Å². The van der Waals surface area contributed by atoms with Crippen LogP contribution in [0.5, 0.6) is 5.75 Å². The maximum atomic E-state index is 13.2. The van der Waals surface area contributed by atoms with Crippen molar-refractivity contribution in [3.63, 3.8) is 0 Å². The molecule has 1 saturated heterocycles. The van der Waals surface area contributed by atoms with Crippen LogP contribution in [0.25, 0.3) is 0 Å². The van der Waals surface area contributed by atoms with E-state index in [0.29, 0.717) is 43.1 Å². The summed E-state index contributed by atoms with van der Waals surface area (Å²) in [6, 6.07) is 11.1. The van der Waals surface area contributed by atoms with Gasteiger partial charge in [-0.1, -0.05) is 12.1 Å². The summed E-state index contributed by atoms with van der Waals surface area (Å²) in [5.41, 5.74) is 2.04. The molecule has 6 nitrogen and oxygen atoms in total. The summed E-state index contributed by atoms with van der Waals surface area (Å²) in [4.78, 5) is 26.1. The van der Waals surface area contributed by atoms with Gasteiger partial charge >= 0.3 is 6.03 Å². The molecule has 0 atom stereocenters. The van der Waals surface area contributed by atoms with Crippen LogP contribution in [-0.2, 0) is 11.2 Å². The first-order chi connectivity index (χ1) is 13.6. The highest BCUT2D eigenvalue weighted by Crippen LogP contribution is 2.33. The van der Waals surface area contributed by atoms with Crippen LogP contribution in [0.3, 0.4) is 0 Å². The molecule has 0 radical (unpaired) electrons. The number of hydrogen-bond acceptors (Lipinski definition) is 3. The van der Waals surface area contributed by atoms with Gasteiger partial charge < -0.3 is 20.3 Å². The maximum absolute atomic E-state index is 13.2. The Morgan fingerprint density at radius 3 is 2.82 bits per heavy atom. The average Bonchev–Trinajstić information content (AvgIpc) is 2.68. The molecule has 3 rings (SSSR count). The Bertz CT molecular complexity index is 857. The number of piperidine rings is 1. The molecule has 148 valence electrons. The van der Waals surface area contributed by atoms with Gasteiger partial charge in [0.1, 0.15) is 11.6 Å². The molecular weight excluding hydrogens is 361 g/mol. The number of carbonyl (C=O) groups excluding carboxylic acids is 2. The molecule has 1 fully saturated rings. The van der Waals surface area contributed by atoms with E-state index in [1.807, 2.05) is 6.07 Å². The zero-order valence-corrected chi connectivity index (χ0v) is 15.8. The summed E-state index contributed by atoms with van der Waals surface area (Å²) < 4.78 is 18.6. The van der Waals surface area contributed by atoms with Crippen molar-refractivity contribution in [2.45, 2.75) is 25.7 Å². The lowest BCUT2D eigenvalue weighted by Gasteiger charge is -2.28. The second-order valence-corrected chi connectivity index (χ2v) is 6.65. The number of carbonyl (C=O) groups is 2. The summed E-state index contributed by atoms with van der Waals surface area (Å²) in [5.74, 6) is 0.355. The number of urea groups is 1. The molecule has 0 saturated carbocycles. The van der Waals surface area contributed by atoms with E-state index in [1.165, 1.54) is 12.1 Å². The van der Waals surface area contributed by atoms with Gasteiger partial charge in [-0.3, -0.25) is 4.79 Å². The third kappa shape index (κ3) is 5.00. The van der Waals surface area contributed by atoms with Gasteiger partial charge in [0, 0.05) is 25.2 Å². The van der Waals surface area contributed by atoms with Crippen molar-refractivity contribution in [1.29, 1.82) is 0 Å². The molecule has 2 aromatic carbocycles. The van der Waals surface area contributed by atoms with E-state index < -0.39 is 0 Å². The van der Waals surface area contributed by atoms with E-state index in [2.05, 4.69) is 10.6 Å². The Balaban J connectivity index is 1.61. The molecule has 1 aliphatic rings. The first-order valence-electron chi connectivity index (χ1n) is 9.34. The number of methoxy groups -OCH3 is 1. The van der Waals surface area contributed by atoms with Crippen molar-refractivity contribution in [1.82, 2.24) is 5.32 Å². The average molecular weight is 385 g/mol. The molecule has 1 aliphatic heterocycles. The highest BCUT2D eigenvalue weighted by Gasteiger charge is 2.23. The number of rotatable bonds is 6.